The van der Waals surface area contributed by atoms with Crippen LogP contribution in [-0.2, 0) is 28.4 Å². The van der Waals surface area contributed by atoms with Gasteiger partial charge in [-0.1, -0.05) is 18.2 Å². The molecule has 2 aromatic carbocycles. The summed E-state index contributed by atoms with van der Waals surface area (Å²) in [6.45, 7) is 3.14. The van der Waals surface area contributed by atoms with E-state index in [9.17, 15) is 40.7 Å². The molecule has 0 saturated carbocycles. The molecule has 3 fully saturated rings. The molecule has 4 aromatic rings. The monoisotopic (exact) mass is 759 g/mol. The summed E-state index contributed by atoms with van der Waals surface area (Å²) in [6.07, 6.45) is -5.23. The average molecular weight is 760 g/mol. The number of likely N-dealkylation sites (tertiary alicyclic amines) is 2. The number of nitrogens with two attached hydrogens (primary N) is 1. The van der Waals surface area contributed by atoms with E-state index in [0.717, 1.165) is 49.7 Å². The van der Waals surface area contributed by atoms with Crippen LogP contribution in [-0.4, -0.2) is 75.4 Å². The molecular weight excluding hydrogens is 716 g/mol. The first-order valence-electron chi connectivity index (χ1n) is 18.5. The molecule has 3 saturated heterocycles. The number of halogens is 6. The molecule has 2 aromatic heterocycles. The number of pyridine rings is 1. The lowest BCUT2D eigenvalue weighted by Gasteiger charge is -2.39. The molecule has 2 amide bonds. The van der Waals surface area contributed by atoms with Gasteiger partial charge in [-0.25, -0.2) is 4.79 Å². The van der Waals surface area contributed by atoms with Gasteiger partial charge in [0, 0.05) is 44.0 Å². The maximum atomic E-state index is 14.1. The molecular formula is C38H43F6N7O3. The van der Waals surface area contributed by atoms with Crippen molar-refractivity contribution in [3.63, 3.8) is 0 Å². The number of nitrogens with zero attached hydrogens (tertiary/aromatic N) is 4. The third-order valence-electron chi connectivity index (χ3n) is 11.7. The molecule has 3 aliphatic rings. The lowest BCUT2D eigenvalue weighted by Crippen LogP contribution is -2.46. The Bertz CT molecular complexity index is 2040. The SMILES string of the molecule is Nc1c(C(F)(F)F)cc(CC(CC(=O)N2CCC(n3c(=O)[nH]c4c5ccccc5ncc43)CC2)C(=O)N2CCC(C3CCNCC3)CC2)cc1C(F)(F)F. The Hall–Kier alpha value is -4.60. The molecule has 4 N–H and O–H groups in total. The first kappa shape index (κ1) is 37.7. The average Bonchev–Trinajstić information content (AvgIpc) is 3.50. The fraction of sp³-hybridized carbons (Fsp3) is 0.526. The minimum Gasteiger partial charge on any atom is -0.398 e. The van der Waals surface area contributed by atoms with Gasteiger partial charge in [0.15, 0.2) is 0 Å². The van der Waals surface area contributed by atoms with Crippen LogP contribution in [0.15, 0.2) is 47.4 Å². The number of para-hydroxylation sites is 1. The minimum atomic E-state index is -5.17. The number of hydrogen-bond donors (Lipinski definition) is 3. The Morgan fingerprint density at radius 3 is 2.07 bits per heavy atom. The highest BCUT2D eigenvalue weighted by atomic mass is 19.4. The highest BCUT2D eigenvalue weighted by Crippen LogP contribution is 2.43. The zero-order chi connectivity index (χ0) is 38.4. The number of anilines is 1. The first-order chi connectivity index (χ1) is 25.7. The van der Waals surface area contributed by atoms with Crippen molar-refractivity contribution in [2.24, 2.45) is 17.8 Å². The number of aromatic amines is 1. The van der Waals surface area contributed by atoms with Gasteiger partial charge in [0.05, 0.1) is 45.5 Å². The predicted octanol–water partition coefficient (Wildman–Crippen LogP) is 6.15. The first-order valence-corrected chi connectivity index (χ1v) is 18.5. The van der Waals surface area contributed by atoms with Crippen molar-refractivity contribution in [2.45, 2.75) is 69.8 Å². The van der Waals surface area contributed by atoms with Crippen LogP contribution in [0.25, 0.3) is 21.9 Å². The zero-order valence-electron chi connectivity index (χ0n) is 29.6. The molecule has 54 heavy (non-hydrogen) atoms. The molecule has 7 rings (SSSR count). The topological polar surface area (TPSA) is 129 Å². The number of piperidine rings is 3. The summed E-state index contributed by atoms with van der Waals surface area (Å²) in [4.78, 5) is 51.7. The van der Waals surface area contributed by atoms with Gasteiger partial charge in [0.1, 0.15) is 0 Å². The van der Waals surface area contributed by atoms with Crippen LogP contribution >= 0.6 is 0 Å². The number of fused-ring (bicyclic) bond motifs is 3. The Balaban J connectivity index is 1.10. The van der Waals surface area contributed by atoms with Gasteiger partial charge in [-0.2, -0.15) is 26.3 Å². The molecule has 0 aliphatic carbocycles. The molecule has 0 radical (unpaired) electrons. The molecule has 1 atom stereocenters. The third-order valence-corrected chi connectivity index (χ3v) is 11.7. The van der Waals surface area contributed by atoms with Crippen molar-refractivity contribution in [3.05, 3.63) is 69.8 Å². The van der Waals surface area contributed by atoms with Crippen LogP contribution in [0.5, 0.6) is 0 Å². The van der Waals surface area contributed by atoms with Crippen LogP contribution in [0, 0.1) is 17.8 Å². The maximum Gasteiger partial charge on any atom is 0.418 e. The van der Waals surface area contributed by atoms with Crippen LogP contribution in [0.4, 0.5) is 32.0 Å². The van der Waals surface area contributed by atoms with Crippen molar-refractivity contribution in [2.75, 3.05) is 45.0 Å². The molecule has 0 spiro atoms. The Morgan fingerprint density at radius 2 is 1.44 bits per heavy atom. The second-order valence-corrected chi connectivity index (χ2v) is 14.9. The van der Waals surface area contributed by atoms with E-state index in [2.05, 4.69) is 15.3 Å². The third kappa shape index (κ3) is 7.66. The Morgan fingerprint density at radius 1 is 0.852 bits per heavy atom. The Labute approximate surface area is 307 Å². The normalized spacial score (nSPS) is 19.1. The summed E-state index contributed by atoms with van der Waals surface area (Å²) >= 11 is 0. The van der Waals surface area contributed by atoms with E-state index in [0.29, 0.717) is 60.9 Å². The van der Waals surface area contributed by atoms with Crippen LogP contribution < -0.4 is 16.7 Å². The molecule has 3 aliphatic heterocycles. The molecule has 290 valence electrons. The van der Waals surface area contributed by atoms with Gasteiger partial charge in [-0.15, -0.1) is 0 Å². The number of imidazole rings is 1. The number of amides is 2. The van der Waals surface area contributed by atoms with Gasteiger partial charge in [0.2, 0.25) is 11.8 Å². The quantitative estimate of drug-likeness (QED) is 0.153. The van der Waals surface area contributed by atoms with Crippen molar-refractivity contribution in [1.29, 1.82) is 0 Å². The summed E-state index contributed by atoms with van der Waals surface area (Å²) in [5.74, 6) is -1.16. The number of rotatable bonds is 7. The molecule has 16 heteroatoms. The zero-order valence-corrected chi connectivity index (χ0v) is 29.6. The number of carbonyl (C=O) groups excluding carboxylic acids is 2. The number of alkyl halides is 6. The number of aromatic nitrogens is 3. The lowest BCUT2D eigenvalue weighted by molar-refractivity contribution is -0.143. The highest BCUT2D eigenvalue weighted by molar-refractivity contribution is 6.01. The number of benzene rings is 2. The molecule has 5 heterocycles. The summed E-state index contributed by atoms with van der Waals surface area (Å²) in [6, 6.07) is 8.29. The van der Waals surface area contributed by atoms with E-state index in [1.54, 1.807) is 20.6 Å². The smallest absolute Gasteiger partial charge is 0.398 e. The van der Waals surface area contributed by atoms with Crippen molar-refractivity contribution < 1.29 is 35.9 Å². The van der Waals surface area contributed by atoms with Crippen LogP contribution in [0.1, 0.15) is 67.7 Å². The van der Waals surface area contributed by atoms with E-state index in [-0.39, 0.29) is 30.4 Å². The van der Waals surface area contributed by atoms with Crippen LogP contribution in [0.2, 0.25) is 0 Å². The van der Waals surface area contributed by atoms with Crippen molar-refractivity contribution in [1.82, 2.24) is 29.7 Å². The summed E-state index contributed by atoms with van der Waals surface area (Å²) < 4.78 is 85.2. The Kier molecular flexibility index (Phi) is 10.4. The summed E-state index contributed by atoms with van der Waals surface area (Å²) in [5.41, 5.74) is 2.04. The lowest BCUT2D eigenvalue weighted by atomic mass is 9.79. The van der Waals surface area contributed by atoms with E-state index in [4.69, 9.17) is 5.73 Å². The maximum absolute atomic E-state index is 14.1. The van der Waals surface area contributed by atoms with Gasteiger partial charge in [-0.3, -0.25) is 19.1 Å². The fourth-order valence-corrected chi connectivity index (χ4v) is 8.79. The predicted molar refractivity (Wildman–Crippen MR) is 190 cm³/mol. The van der Waals surface area contributed by atoms with E-state index < -0.39 is 59.7 Å². The number of carbonyl (C=O) groups is 2. The second-order valence-electron chi connectivity index (χ2n) is 14.9. The number of hydrogen-bond acceptors (Lipinski definition) is 6. The standard InChI is InChI=1S/C38H43F6N7O3/c39-37(40,41)28-18-22(19-29(33(28)45)38(42,43)44)17-25(35(53)50-13-7-24(8-14-50)23-5-11-46-12-6-23)20-32(52)49-15-9-26(10-16-49)51-31-21-47-30-4-2-1-3-27(30)34(31)48-36(51)54/h1-4,18-19,21,23-26,46H,5-17,20,45H2,(H,48,54). The van der Waals surface area contributed by atoms with Gasteiger partial charge >= 0.3 is 18.0 Å². The number of nitrogen functional groups attached to an aromatic ring is 1. The van der Waals surface area contributed by atoms with Crippen molar-refractivity contribution >= 4 is 39.4 Å². The van der Waals surface area contributed by atoms with Gasteiger partial charge < -0.3 is 25.8 Å². The second kappa shape index (κ2) is 14.9. The number of H-pyrrole nitrogens is 1. The highest BCUT2D eigenvalue weighted by Gasteiger charge is 2.42. The van der Waals surface area contributed by atoms with Gasteiger partial charge in [0.25, 0.3) is 0 Å². The van der Waals surface area contributed by atoms with E-state index in [1.165, 1.54) is 0 Å². The summed E-state index contributed by atoms with van der Waals surface area (Å²) in [7, 11) is 0. The molecule has 0 bridgehead atoms. The van der Waals surface area contributed by atoms with Crippen molar-refractivity contribution in [3.8, 4) is 0 Å². The minimum absolute atomic E-state index is 0.241. The molecule has 1 unspecified atom stereocenters. The van der Waals surface area contributed by atoms with E-state index in [1.807, 2.05) is 24.3 Å². The van der Waals surface area contributed by atoms with Crippen LogP contribution in [0.3, 0.4) is 0 Å². The molecule has 10 nitrogen and oxygen atoms in total. The van der Waals surface area contributed by atoms with Gasteiger partial charge in [-0.05, 0) is 93.6 Å². The van der Waals surface area contributed by atoms with E-state index >= 15 is 0 Å². The summed E-state index contributed by atoms with van der Waals surface area (Å²) in [5, 5.41) is 4.15. The largest absolute Gasteiger partial charge is 0.418 e. The number of nitrogens with one attached hydrogen (secondary N) is 2. The fourth-order valence-electron chi connectivity index (χ4n) is 8.79.